The standard InChI is InChI=1S/C21H17ClF3N3S/c22-16-7-3-14(4-8-16)19-18-2-1-11-27(18)12-13-28(19)20(29)26-17-9-5-15(6-10-17)21(23,24)25/h1-11,19H,12-13H2,(H,26,29). The Kier molecular flexibility index (Phi) is 5.27. The van der Waals surface area contributed by atoms with Crippen molar-refractivity contribution in [2.24, 2.45) is 0 Å². The first-order valence-electron chi connectivity index (χ1n) is 8.98. The summed E-state index contributed by atoms with van der Waals surface area (Å²) >= 11 is 11.7. The van der Waals surface area contributed by atoms with Gasteiger partial charge in [-0.2, -0.15) is 13.2 Å². The minimum atomic E-state index is -4.36. The molecule has 0 spiro atoms. The minimum absolute atomic E-state index is 0.120. The highest BCUT2D eigenvalue weighted by atomic mass is 35.5. The topological polar surface area (TPSA) is 20.2 Å². The molecule has 3 aromatic rings. The average molecular weight is 436 g/mol. The van der Waals surface area contributed by atoms with E-state index in [2.05, 4.69) is 9.88 Å². The van der Waals surface area contributed by atoms with Crippen molar-refractivity contribution in [3.63, 3.8) is 0 Å². The minimum Gasteiger partial charge on any atom is -0.348 e. The first-order valence-corrected chi connectivity index (χ1v) is 9.77. The first-order chi connectivity index (χ1) is 13.8. The third-order valence-electron chi connectivity index (χ3n) is 4.95. The molecule has 0 bridgehead atoms. The molecule has 0 radical (unpaired) electrons. The molecule has 1 aromatic heterocycles. The molecule has 1 aliphatic heterocycles. The molecule has 29 heavy (non-hydrogen) atoms. The van der Waals surface area contributed by atoms with E-state index in [1.165, 1.54) is 12.1 Å². The lowest BCUT2D eigenvalue weighted by molar-refractivity contribution is -0.137. The molecular formula is C21H17ClF3N3S. The van der Waals surface area contributed by atoms with Crippen LogP contribution in [0.1, 0.15) is 22.9 Å². The van der Waals surface area contributed by atoms with Crippen molar-refractivity contribution in [1.82, 2.24) is 9.47 Å². The molecule has 1 atom stereocenters. The quantitative estimate of drug-likeness (QED) is 0.501. The molecule has 2 heterocycles. The van der Waals surface area contributed by atoms with Crippen LogP contribution >= 0.6 is 23.8 Å². The molecule has 1 unspecified atom stereocenters. The number of alkyl halides is 3. The number of thiocarbonyl (C=S) groups is 1. The lowest BCUT2D eigenvalue weighted by Crippen LogP contribution is -2.44. The van der Waals surface area contributed by atoms with Gasteiger partial charge in [-0.3, -0.25) is 0 Å². The van der Waals surface area contributed by atoms with Crippen LogP contribution in [0.25, 0.3) is 0 Å². The van der Waals surface area contributed by atoms with Gasteiger partial charge in [0.15, 0.2) is 5.11 Å². The van der Waals surface area contributed by atoms with E-state index in [-0.39, 0.29) is 6.04 Å². The number of halogens is 4. The van der Waals surface area contributed by atoms with Crippen molar-refractivity contribution < 1.29 is 13.2 Å². The van der Waals surface area contributed by atoms with Crippen LogP contribution in [-0.4, -0.2) is 21.1 Å². The van der Waals surface area contributed by atoms with E-state index in [0.717, 1.165) is 29.9 Å². The van der Waals surface area contributed by atoms with Crippen LogP contribution in [0.4, 0.5) is 18.9 Å². The van der Waals surface area contributed by atoms with Gasteiger partial charge in [0.25, 0.3) is 0 Å². The van der Waals surface area contributed by atoms with E-state index in [9.17, 15) is 13.2 Å². The Morgan fingerprint density at radius 2 is 1.69 bits per heavy atom. The maximum absolute atomic E-state index is 12.8. The SMILES string of the molecule is FC(F)(F)c1ccc(NC(=S)N2CCn3cccc3C2c2ccc(Cl)cc2)cc1. The fourth-order valence-corrected chi connectivity index (χ4v) is 3.98. The van der Waals surface area contributed by atoms with Gasteiger partial charge in [0, 0.05) is 35.7 Å². The number of nitrogens with one attached hydrogen (secondary N) is 1. The van der Waals surface area contributed by atoms with Crippen molar-refractivity contribution in [2.45, 2.75) is 18.8 Å². The monoisotopic (exact) mass is 435 g/mol. The predicted molar refractivity (Wildman–Crippen MR) is 112 cm³/mol. The van der Waals surface area contributed by atoms with Crippen LogP contribution in [0.3, 0.4) is 0 Å². The molecule has 4 rings (SSSR count). The van der Waals surface area contributed by atoms with Gasteiger partial charge in [-0.1, -0.05) is 23.7 Å². The zero-order valence-electron chi connectivity index (χ0n) is 15.2. The van der Waals surface area contributed by atoms with Crippen LogP contribution < -0.4 is 5.32 Å². The van der Waals surface area contributed by atoms with Gasteiger partial charge in [0.1, 0.15) is 0 Å². The molecule has 8 heteroatoms. The average Bonchev–Trinajstić information content (AvgIpc) is 3.16. The van der Waals surface area contributed by atoms with E-state index < -0.39 is 11.7 Å². The third-order valence-corrected chi connectivity index (χ3v) is 5.54. The third kappa shape index (κ3) is 4.11. The Bertz CT molecular complexity index is 1010. The maximum atomic E-state index is 12.8. The Morgan fingerprint density at radius 3 is 2.34 bits per heavy atom. The Labute approximate surface area is 176 Å². The summed E-state index contributed by atoms with van der Waals surface area (Å²) in [5.74, 6) is 0. The molecule has 150 valence electrons. The number of nitrogens with zero attached hydrogens (tertiary/aromatic N) is 2. The van der Waals surface area contributed by atoms with E-state index in [1.807, 2.05) is 47.5 Å². The highest BCUT2D eigenvalue weighted by Crippen LogP contribution is 2.34. The summed E-state index contributed by atoms with van der Waals surface area (Å²) in [6.45, 7) is 1.43. The number of hydrogen-bond donors (Lipinski definition) is 1. The van der Waals surface area contributed by atoms with Crippen LogP contribution in [0.15, 0.2) is 66.9 Å². The molecular weight excluding hydrogens is 419 g/mol. The van der Waals surface area contributed by atoms with Crippen molar-refractivity contribution in [1.29, 1.82) is 0 Å². The summed E-state index contributed by atoms with van der Waals surface area (Å²) in [5, 5.41) is 4.18. The van der Waals surface area contributed by atoms with Crippen molar-refractivity contribution in [2.75, 3.05) is 11.9 Å². The van der Waals surface area contributed by atoms with E-state index in [0.29, 0.717) is 22.4 Å². The molecule has 0 saturated carbocycles. The van der Waals surface area contributed by atoms with Crippen molar-refractivity contribution >= 4 is 34.6 Å². The number of hydrogen-bond acceptors (Lipinski definition) is 1. The number of aromatic nitrogens is 1. The summed E-state index contributed by atoms with van der Waals surface area (Å²) in [6.07, 6.45) is -2.33. The maximum Gasteiger partial charge on any atom is 0.416 e. The Hall–Kier alpha value is -2.51. The van der Waals surface area contributed by atoms with Crippen LogP contribution in [0.2, 0.25) is 5.02 Å². The number of rotatable bonds is 2. The van der Waals surface area contributed by atoms with Gasteiger partial charge >= 0.3 is 6.18 Å². The number of fused-ring (bicyclic) bond motifs is 1. The van der Waals surface area contributed by atoms with Crippen LogP contribution in [0, 0.1) is 0 Å². The van der Waals surface area contributed by atoms with Gasteiger partial charge < -0.3 is 14.8 Å². The first kappa shape index (κ1) is 19.8. The summed E-state index contributed by atoms with van der Waals surface area (Å²) in [7, 11) is 0. The smallest absolute Gasteiger partial charge is 0.348 e. The zero-order chi connectivity index (χ0) is 20.6. The second-order valence-electron chi connectivity index (χ2n) is 6.78. The number of anilines is 1. The van der Waals surface area contributed by atoms with Crippen LogP contribution in [-0.2, 0) is 12.7 Å². The summed E-state index contributed by atoms with van der Waals surface area (Å²) in [4.78, 5) is 2.05. The van der Waals surface area contributed by atoms with E-state index in [4.69, 9.17) is 23.8 Å². The van der Waals surface area contributed by atoms with Gasteiger partial charge in [0.05, 0.1) is 11.6 Å². The van der Waals surface area contributed by atoms with Crippen LogP contribution in [0.5, 0.6) is 0 Å². The normalized spacial score (nSPS) is 16.4. The molecule has 0 aliphatic carbocycles. The fraction of sp³-hybridized carbons (Fsp3) is 0.190. The predicted octanol–water partition coefficient (Wildman–Crippen LogP) is 5.96. The largest absolute Gasteiger partial charge is 0.416 e. The van der Waals surface area contributed by atoms with Crippen molar-refractivity contribution in [3.05, 3.63) is 88.7 Å². The molecule has 1 aliphatic rings. The Morgan fingerprint density at radius 1 is 1.00 bits per heavy atom. The highest BCUT2D eigenvalue weighted by molar-refractivity contribution is 7.80. The van der Waals surface area contributed by atoms with Crippen molar-refractivity contribution in [3.8, 4) is 0 Å². The lowest BCUT2D eigenvalue weighted by Gasteiger charge is -2.39. The van der Waals surface area contributed by atoms with E-state index >= 15 is 0 Å². The molecule has 0 saturated heterocycles. The molecule has 2 aromatic carbocycles. The van der Waals surface area contributed by atoms with Gasteiger partial charge in [-0.15, -0.1) is 0 Å². The number of benzene rings is 2. The lowest BCUT2D eigenvalue weighted by atomic mass is 10.0. The molecule has 1 N–H and O–H groups in total. The van der Waals surface area contributed by atoms with Gasteiger partial charge in [-0.05, 0) is 66.3 Å². The van der Waals surface area contributed by atoms with Gasteiger partial charge in [0.2, 0.25) is 0 Å². The second kappa shape index (κ2) is 7.72. The summed E-state index contributed by atoms with van der Waals surface area (Å²) < 4.78 is 40.5. The summed E-state index contributed by atoms with van der Waals surface area (Å²) in [6, 6.07) is 16.4. The molecule has 0 amide bonds. The fourth-order valence-electron chi connectivity index (χ4n) is 3.54. The summed E-state index contributed by atoms with van der Waals surface area (Å²) in [5.41, 5.74) is 1.95. The van der Waals surface area contributed by atoms with Gasteiger partial charge in [-0.25, -0.2) is 0 Å². The molecule has 0 fully saturated rings. The van der Waals surface area contributed by atoms with E-state index in [1.54, 1.807) is 0 Å². The Balaban J connectivity index is 1.60. The second-order valence-corrected chi connectivity index (χ2v) is 7.60. The molecule has 3 nitrogen and oxygen atoms in total. The highest BCUT2D eigenvalue weighted by Gasteiger charge is 2.31. The zero-order valence-corrected chi connectivity index (χ0v) is 16.7.